The molecule has 0 aromatic heterocycles. The van der Waals surface area contributed by atoms with Gasteiger partial charge in [0.2, 0.25) is 0 Å². The molecule has 0 radical (unpaired) electrons. The lowest BCUT2D eigenvalue weighted by atomic mass is 9.97. The number of phenolic OH excluding ortho intramolecular Hbond substituents is 3. The maximum absolute atomic E-state index is 12.1. The van der Waals surface area contributed by atoms with E-state index in [4.69, 9.17) is 4.74 Å². The zero-order chi connectivity index (χ0) is 18.1. The number of phenols is 3. The third kappa shape index (κ3) is 3.02. The number of esters is 1. The zero-order valence-corrected chi connectivity index (χ0v) is 12.6. The summed E-state index contributed by atoms with van der Waals surface area (Å²) in [6.45, 7) is 0. The minimum atomic E-state index is -1.17. The lowest BCUT2D eigenvalue weighted by molar-refractivity contribution is -0.149. The van der Waals surface area contributed by atoms with Gasteiger partial charge < -0.3 is 25.2 Å². The Hall–Kier alpha value is -3.74. The van der Waals surface area contributed by atoms with Crippen LogP contribution < -0.4 is 0 Å². The van der Waals surface area contributed by atoms with Crippen LogP contribution in [-0.4, -0.2) is 32.2 Å². The third-order valence-electron chi connectivity index (χ3n) is 3.54. The predicted molar refractivity (Wildman–Crippen MR) is 86.5 cm³/mol. The smallest absolute Gasteiger partial charge is 0.385 e. The van der Waals surface area contributed by atoms with Gasteiger partial charge in [-0.1, -0.05) is 18.2 Å². The highest BCUT2D eigenvalue weighted by Crippen LogP contribution is 2.32. The molecule has 25 heavy (non-hydrogen) atoms. The number of ether oxygens (including phenoxy) is 1. The van der Waals surface area contributed by atoms with Crippen LogP contribution in [0.4, 0.5) is 0 Å². The van der Waals surface area contributed by atoms with Crippen molar-refractivity contribution in [1.29, 1.82) is 0 Å². The molecule has 7 heteroatoms. The van der Waals surface area contributed by atoms with Crippen molar-refractivity contribution < 1.29 is 34.8 Å². The molecule has 126 valence electrons. The number of aromatic hydroxyl groups is 3. The van der Waals surface area contributed by atoms with E-state index in [0.29, 0.717) is 5.56 Å². The second kappa shape index (κ2) is 6.04. The van der Waals surface area contributed by atoms with Crippen LogP contribution in [0.15, 0.2) is 54.0 Å². The molecule has 0 fully saturated rings. The Morgan fingerprint density at radius 1 is 0.840 bits per heavy atom. The van der Waals surface area contributed by atoms with Crippen molar-refractivity contribution in [3.8, 4) is 17.2 Å². The number of rotatable bonds is 2. The molecule has 7 nitrogen and oxygen atoms in total. The van der Waals surface area contributed by atoms with Gasteiger partial charge in [0.05, 0.1) is 5.57 Å². The average molecular weight is 340 g/mol. The minimum absolute atomic E-state index is 0.0370. The Bertz CT molecular complexity index is 936. The van der Waals surface area contributed by atoms with E-state index in [1.807, 2.05) is 0 Å². The fourth-order valence-corrected chi connectivity index (χ4v) is 2.30. The number of cyclic esters (lactones) is 1. The van der Waals surface area contributed by atoms with Gasteiger partial charge in [0.25, 0.3) is 5.78 Å². The van der Waals surface area contributed by atoms with E-state index < -0.39 is 23.3 Å². The average Bonchev–Trinajstić information content (AvgIpc) is 2.58. The highest BCUT2D eigenvalue weighted by atomic mass is 16.6. The zero-order valence-electron chi connectivity index (χ0n) is 12.6. The molecular formula is C18H12O7. The van der Waals surface area contributed by atoms with Crippen LogP contribution in [0.25, 0.3) is 11.6 Å². The molecule has 0 spiro atoms. The van der Waals surface area contributed by atoms with Crippen LogP contribution in [-0.2, 0) is 14.3 Å². The summed E-state index contributed by atoms with van der Waals surface area (Å²) >= 11 is 0. The van der Waals surface area contributed by atoms with Crippen molar-refractivity contribution in [3.05, 3.63) is 65.1 Å². The fourth-order valence-electron chi connectivity index (χ4n) is 2.30. The van der Waals surface area contributed by atoms with E-state index in [0.717, 1.165) is 0 Å². The number of carbonyl (C=O) groups excluding carboxylic acids is 2. The number of carbonyl (C=O) groups is 2. The van der Waals surface area contributed by atoms with Gasteiger partial charge in [-0.2, -0.15) is 0 Å². The van der Waals surface area contributed by atoms with Crippen molar-refractivity contribution in [3.63, 3.8) is 0 Å². The van der Waals surface area contributed by atoms with E-state index in [-0.39, 0.29) is 28.4 Å². The number of hydrogen-bond donors (Lipinski definition) is 4. The van der Waals surface area contributed by atoms with Crippen LogP contribution >= 0.6 is 0 Å². The molecule has 0 saturated heterocycles. The molecule has 0 atom stereocenters. The van der Waals surface area contributed by atoms with E-state index >= 15 is 0 Å². The molecule has 0 unspecified atom stereocenters. The van der Waals surface area contributed by atoms with E-state index in [1.54, 1.807) is 0 Å². The van der Waals surface area contributed by atoms with Crippen molar-refractivity contribution in [2.45, 2.75) is 0 Å². The van der Waals surface area contributed by atoms with Crippen LogP contribution in [0.5, 0.6) is 17.2 Å². The van der Waals surface area contributed by atoms with Gasteiger partial charge in [-0.25, -0.2) is 4.79 Å². The first kappa shape index (κ1) is 16.1. The molecular weight excluding hydrogens is 328 g/mol. The number of ketones is 1. The normalized spacial score (nSPS) is 16.2. The number of aliphatic hydroxyl groups excluding tert-OH is 1. The van der Waals surface area contributed by atoms with Crippen molar-refractivity contribution >= 4 is 23.4 Å². The maximum Gasteiger partial charge on any atom is 0.385 e. The Morgan fingerprint density at radius 3 is 2.16 bits per heavy atom. The van der Waals surface area contributed by atoms with E-state index in [1.165, 1.54) is 48.5 Å². The Labute approximate surface area is 141 Å². The molecule has 1 aliphatic rings. The van der Waals surface area contributed by atoms with Crippen LogP contribution in [0, 0.1) is 0 Å². The largest absolute Gasteiger partial charge is 0.508 e. The Balaban J connectivity index is 2.12. The summed E-state index contributed by atoms with van der Waals surface area (Å²) < 4.78 is 4.83. The standard InChI is InChI=1S/C18H12O7/c19-11-4-2-10(3-5-11)15-16(22)14(25-18(24)17(15)23)8-9-1-6-12(20)13(21)7-9/h1-8,19-22H/b14-8-. The molecule has 0 aliphatic carbocycles. The molecule has 1 aliphatic heterocycles. The summed E-state index contributed by atoms with van der Waals surface area (Å²) in [7, 11) is 0. The topological polar surface area (TPSA) is 124 Å². The number of Topliss-reactive ketones (excluding diaryl/α,β-unsaturated/α-hetero) is 1. The Kier molecular flexibility index (Phi) is 3.90. The summed E-state index contributed by atoms with van der Waals surface area (Å²) in [5.41, 5.74) is 0.297. The predicted octanol–water partition coefficient (Wildman–Crippen LogP) is 2.24. The van der Waals surface area contributed by atoms with Gasteiger partial charge in [-0.3, -0.25) is 4.79 Å². The van der Waals surface area contributed by atoms with Crippen molar-refractivity contribution in [2.75, 3.05) is 0 Å². The Morgan fingerprint density at radius 2 is 1.52 bits per heavy atom. The summed E-state index contributed by atoms with van der Waals surface area (Å²) in [5.74, 6) is -3.79. The molecule has 2 aromatic carbocycles. The van der Waals surface area contributed by atoms with Crippen LogP contribution in [0.2, 0.25) is 0 Å². The minimum Gasteiger partial charge on any atom is -0.508 e. The second-order valence-electron chi connectivity index (χ2n) is 5.25. The monoisotopic (exact) mass is 340 g/mol. The SMILES string of the molecule is O=C1O/C(=C\c2ccc(O)c(O)c2)C(O)=C(c2ccc(O)cc2)C1=O. The molecule has 3 rings (SSSR count). The number of hydrogen-bond acceptors (Lipinski definition) is 7. The van der Waals surface area contributed by atoms with Crippen LogP contribution in [0.3, 0.4) is 0 Å². The van der Waals surface area contributed by atoms with Gasteiger partial charge >= 0.3 is 5.97 Å². The van der Waals surface area contributed by atoms with Crippen molar-refractivity contribution in [1.82, 2.24) is 0 Å². The quantitative estimate of drug-likeness (QED) is 0.375. The number of aliphatic hydroxyl groups is 1. The second-order valence-corrected chi connectivity index (χ2v) is 5.25. The summed E-state index contributed by atoms with van der Waals surface area (Å²) in [6, 6.07) is 9.20. The highest BCUT2D eigenvalue weighted by molar-refractivity contribution is 6.53. The summed E-state index contributed by atoms with van der Waals surface area (Å²) in [5, 5.41) is 38.5. The van der Waals surface area contributed by atoms with E-state index in [2.05, 4.69) is 0 Å². The molecule has 0 amide bonds. The van der Waals surface area contributed by atoms with Gasteiger partial charge in [0.1, 0.15) is 5.75 Å². The van der Waals surface area contributed by atoms with Gasteiger partial charge in [0, 0.05) is 0 Å². The lowest BCUT2D eigenvalue weighted by Crippen LogP contribution is -2.25. The summed E-state index contributed by atoms with van der Waals surface area (Å²) in [4.78, 5) is 23.9. The van der Waals surface area contributed by atoms with Crippen molar-refractivity contribution in [2.24, 2.45) is 0 Å². The molecule has 0 bridgehead atoms. The van der Waals surface area contributed by atoms with Gasteiger partial charge in [-0.05, 0) is 41.5 Å². The molecule has 1 heterocycles. The van der Waals surface area contributed by atoms with Crippen LogP contribution in [0.1, 0.15) is 11.1 Å². The third-order valence-corrected chi connectivity index (χ3v) is 3.54. The molecule has 0 saturated carbocycles. The first-order chi connectivity index (χ1) is 11.9. The summed E-state index contributed by atoms with van der Waals surface area (Å²) in [6.07, 6.45) is 1.24. The first-order valence-corrected chi connectivity index (χ1v) is 7.10. The molecule has 4 N–H and O–H groups in total. The van der Waals surface area contributed by atoms with Gasteiger partial charge in [-0.15, -0.1) is 0 Å². The highest BCUT2D eigenvalue weighted by Gasteiger charge is 2.34. The lowest BCUT2D eigenvalue weighted by Gasteiger charge is -2.18. The van der Waals surface area contributed by atoms with Gasteiger partial charge in [0.15, 0.2) is 23.0 Å². The van der Waals surface area contributed by atoms with E-state index in [9.17, 15) is 30.0 Å². The number of benzene rings is 2. The molecule has 2 aromatic rings. The fraction of sp³-hybridized carbons (Fsp3) is 0. The maximum atomic E-state index is 12.1. The first-order valence-electron chi connectivity index (χ1n) is 7.10.